The summed E-state index contributed by atoms with van der Waals surface area (Å²) in [4.78, 5) is 0. The average Bonchev–Trinajstić information content (AvgIpc) is 1.61. The van der Waals surface area contributed by atoms with Crippen molar-refractivity contribution in [1.29, 1.82) is 0 Å². The number of ether oxygens (including phenoxy) is 1. The zero-order chi connectivity index (χ0) is 4.83. The van der Waals surface area contributed by atoms with Gasteiger partial charge in [-0.15, -0.1) is 0 Å². The topological polar surface area (TPSA) is 29.5 Å². The van der Waals surface area contributed by atoms with Gasteiger partial charge in [0.15, 0.2) is 0 Å². The zero-order valence-electron chi connectivity index (χ0n) is 3.98. The van der Waals surface area contributed by atoms with Crippen LogP contribution in [0, 0.1) is 0 Å². The Morgan fingerprint density at radius 3 is 2.29 bits per heavy atom. The molecule has 0 radical (unpaired) electrons. The normalized spacial score (nSPS) is 7.71. The first-order valence-corrected chi connectivity index (χ1v) is 2.10. The Kier molecular flexibility index (Phi) is 14.6. The quantitative estimate of drug-likeness (QED) is 0.376. The van der Waals surface area contributed by atoms with Crippen LogP contribution in [0.15, 0.2) is 0 Å². The number of rotatable bonds is 3. The fraction of sp³-hybridized carbons (Fsp3) is 1.00. The van der Waals surface area contributed by atoms with E-state index in [1.807, 2.05) is 6.92 Å². The molecule has 0 atom stereocenters. The molecule has 0 aromatic carbocycles. The molecule has 7 heavy (non-hydrogen) atoms. The fourth-order valence-corrected chi connectivity index (χ4v) is 0.209. The first kappa shape index (κ1) is 10.5. The molecule has 0 aliphatic carbocycles. The van der Waals surface area contributed by atoms with Gasteiger partial charge in [0.2, 0.25) is 0 Å². The van der Waals surface area contributed by atoms with Gasteiger partial charge in [0.05, 0.1) is 13.2 Å². The maximum absolute atomic E-state index is 8.07. The van der Waals surface area contributed by atoms with E-state index in [-0.39, 0.29) is 25.5 Å². The van der Waals surface area contributed by atoms with Crippen LogP contribution < -0.4 is 0 Å². The van der Waals surface area contributed by atoms with Gasteiger partial charge in [-0.1, -0.05) is 0 Å². The molecule has 0 rings (SSSR count). The molecule has 40 valence electrons. The molecule has 0 unspecified atom stereocenters. The summed E-state index contributed by atoms with van der Waals surface area (Å²) in [5, 5.41) is 8.07. The summed E-state index contributed by atoms with van der Waals surface area (Å²) >= 11 is 0. The Hall–Kier alpha value is 0.517. The van der Waals surface area contributed by atoms with Crippen molar-refractivity contribution in [3.8, 4) is 0 Å². The minimum absolute atomic E-state index is 0. The molecule has 0 spiro atoms. The van der Waals surface area contributed by atoms with E-state index >= 15 is 0 Å². The third-order valence-corrected chi connectivity index (χ3v) is 0.440. The summed E-state index contributed by atoms with van der Waals surface area (Å²) in [5.74, 6) is 0. The van der Waals surface area contributed by atoms with E-state index in [0.29, 0.717) is 13.2 Å². The molecule has 3 heteroatoms. The number of hydrogen-bond acceptors (Lipinski definition) is 2. The summed E-state index contributed by atoms with van der Waals surface area (Å²) in [6, 6.07) is 0. The number of aliphatic hydroxyl groups is 1. The summed E-state index contributed by atoms with van der Waals surface area (Å²) in [7, 11) is 0. The second-order valence-electron chi connectivity index (χ2n) is 0.921. The molecule has 0 heterocycles. The number of aliphatic hydroxyl groups excluding tert-OH is 1. The Labute approximate surface area is 56.0 Å². The van der Waals surface area contributed by atoms with Crippen molar-refractivity contribution in [3.05, 3.63) is 0 Å². The Morgan fingerprint density at radius 2 is 2.14 bits per heavy atom. The van der Waals surface area contributed by atoms with E-state index in [4.69, 9.17) is 9.84 Å². The third kappa shape index (κ3) is 10.7. The van der Waals surface area contributed by atoms with E-state index in [1.165, 1.54) is 0 Å². The second kappa shape index (κ2) is 9.72. The van der Waals surface area contributed by atoms with Crippen LogP contribution in [-0.2, 0) is 4.74 Å². The molecule has 2 nitrogen and oxygen atoms in total. The van der Waals surface area contributed by atoms with Crippen LogP contribution in [0.5, 0.6) is 0 Å². The molecule has 0 amide bonds. The average molecular weight is 98.1 g/mol. The molecule has 1 N–H and O–H groups in total. The first-order chi connectivity index (χ1) is 2.91. The third-order valence-electron chi connectivity index (χ3n) is 0.440. The fourth-order valence-electron chi connectivity index (χ4n) is 0.209. The van der Waals surface area contributed by atoms with E-state index in [2.05, 4.69) is 0 Å². The standard InChI is InChI=1S/C4H10O2.Li.H/c1-2-6-4-3-5;;/h5H,2-4H2,1H3;;. The van der Waals surface area contributed by atoms with Gasteiger partial charge in [-0.25, -0.2) is 0 Å². The Morgan fingerprint density at radius 1 is 1.57 bits per heavy atom. The molecular formula is C4H11LiO2. The van der Waals surface area contributed by atoms with Crippen LogP contribution >= 0.6 is 0 Å². The van der Waals surface area contributed by atoms with E-state index in [1.54, 1.807) is 0 Å². The Balaban J connectivity index is 0. The summed E-state index contributed by atoms with van der Waals surface area (Å²) in [5.41, 5.74) is 0. The van der Waals surface area contributed by atoms with Crippen LogP contribution in [0.2, 0.25) is 0 Å². The maximum atomic E-state index is 8.07. The van der Waals surface area contributed by atoms with E-state index in [0.717, 1.165) is 0 Å². The monoisotopic (exact) mass is 98.1 g/mol. The molecular weight excluding hydrogens is 87.0 g/mol. The van der Waals surface area contributed by atoms with Crippen molar-refractivity contribution in [3.63, 3.8) is 0 Å². The van der Waals surface area contributed by atoms with E-state index < -0.39 is 0 Å². The van der Waals surface area contributed by atoms with Gasteiger partial charge in [-0.3, -0.25) is 0 Å². The van der Waals surface area contributed by atoms with Crippen LogP contribution in [0.1, 0.15) is 6.92 Å². The van der Waals surface area contributed by atoms with Crippen LogP contribution in [-0.4, -0.2) is 43.8 Å². The Bertz CT molecular complexity index is 21.7. The summed E-state index contributed by atoms with van der Waals surface area (Å²) in [6.07, 6.45) is 0. The molecule has 0 saturated carbocycles. The minimum atomic E-state index is 0. The predicted octanol–water partition coefficient (Wildman–Crippen LogP) is -0.633. The molecule has 0 fully saturated rings. The first-order valence-electron chi connectivity index (χ1n) is 2.10. The van der Waals surface area contributed by atoms with Crippen LogP contribution in [0.4, 0.5) is 0 Å². The molecule has 0 aromatic rings. The van der Waals surface area contributed by atoms with Crippen LogP contribution in [0.3, 0.4) is 0 Å². The molecule has 0 aromatic heterocycles. The van der Waals surface area contributed by atoms with Gasteiger partial charge >= 0.3 is 18.9 Å². The predicted molar refractivity (Wildman–Crippen MR) is 30.7 cm³/mol. The van der Waals surface area contributed by atoms with Gasteiger partial charge in [-0.2, -0.15) is 0 Å². The SMILES string of the molecule is CCOCCO.[LiH]. The van der Waals surface area contributed by atoms with Crippen LogP contribution in [0.25, 0.3) is 0 Å². The van der Waals surface area contributed by atoms with Crippen molar-refractivity contribution < 1.29 is 9.84 Å². The van der Waals surface area contributed by atoms with Crippen molar-refractivity contribution in [2.45, 2.75) is 6.92 Å². The van der Waals surface area contributed by atoms with E-state index in [9.17, 15) is 0 Å². The zero-order valence-corrected chi connectivity index (χ0v) is 3.98. The van der Waals surface area contributed by atoms with Gasteiger partial charge in [-0.05, 0) is 6.92 Å². The van der Waals surface area contributed by atoms with Crippen molar-refractivity contribution in [1.82, 2.24) is 0 Å². The number of hydrogen-bond donors (Lipinski definition) is 1. The van der Waals surface area contributed by atoms with Crippen molar-refractivity contribution >= 4 is 18.9 Å². The van der Waals surface area contributed by atoms with Crippen molar-refractivity contribution in [2.75, 3.05) is 19.8 Å². The van der Waals surface area contributed by atoms with Gasteiger partial charge in [0, 0.05) is 6.61 Å². The second-order valence-corrected chi connectivity index (χ2v) is 0.921. The molecule has 0 bridgehead atoms. The summed E-state index contributed by atoms with van der Waals surface area (Å²) < 4.78 is 4.73. The van der Waals surface area contributed by atoms with Gasteiger partial charge in [0.1, 0.15) is 0 Å². The summed E-state index contributed by atoms with van der Waals surface area (Å²) in [6.45, 7) is 3.20. The van der Waals surface area contributed by atoms with Gasteiger partial charge in [0.25, 0.3) is 0 Å². The van der Waals surface area contributed by atoms with Gasteiger partial charge < -0.3 is 9.84 Å². The molecule has 0 aliphatic heterocycles. The molecule has 0 saturated heterocycles. The van der Waals surface area contributed by atoms with Crippen molar-refractivity contribution in [2.24, 2.45) is 0 Å². The molecule has 0 aliphatic rings.